The van der Waals surface area contributed by atoms with Crippen molar-refractivity contribution in [1.82, 2.24) is 9.55 Å². The maximum absolute atomic E-state index is 6.05. The van der Waals surface area contributed by atoms with E-state index < -0.39 is 8.32 Å². The van der Waals surface area contributed by atoms with Crippen molar-refractivity contribution in [1.29, 1.82) is 0 Å². The summed E-state index contributed by atoms with van der Waals surface area (Å²) in [6, 6.07) is 7.91. The molecule has 2 aromatic rings. The molecule has 0 aliphatic rings. The number of benzene rings is 1. The summed E-state index contributed by atoms with van der Waals surface area (Å²) in [5.41, 5.74) is 0.879. The number of hydrogen-bond donors (Lipinski definition) is 0. The second kappa shape index (κ2) is 6.05. The van der Waals surface area contributed by atoms with E-state index in [4.69, 9.17) is 4.43 Å². The van der Waals surface area contributed by atoms with Gasteiger partial charge in [0.25, 0.3) is 0 Å². The van der Waals surface area contributed by atoms with E-state index >= 15 is 0 Å². The highest BCUT2D eigenvalue weighted by atomic mass is 28.4. The number of imidazole rings is 1. The minimum Gasteiger partial charge on any atom is -0.543 e. The third kappa shape index (κ3) is 4.06. The summed E-state index contributed by atoms with van der Waals surface area (Å²) in [5, 5.41) is 0. The van der Waals surface area contributed by atoms with Gasteiger partial charge < -0.3 is 8.99 Å². The molecule has 0 aliphatic carbocycles. The van der Waals surface area contributed by atoms with Crippen LogP contribution in [0.1, 0.15) is 5.82 Å². The van der Waals surface area contributed by atoms with Crippen LogP contribution in [0.3, 0.4) is 0 Å². The zero-order valence-electron chi connectivity index (χ0n) is 12.5. The van der Waals surface area contributed by atoms with Crippen molar-refractivity contribution in [3.63, 3.8) is 0 Å². The van der Waals surface area contributed by atoms with Gasteiger partial charge in [-0.1, -0.05) is 12.1 Å². The van der Waals surface area contributed by atoms with Gasteiger partial charge in [-0.25, -0.2) is 4.98 Å². The summed E-state index contributed by atoms with van der Waals surface area (Å²) in [6.07, 6.45) is 6.33. The first-order chi connectivity index (χ1) is 9.46. The second-order valence-corrected chi connectivity index (χ2v) is 10.1. The van der Waals surface area contributed by atoms with Gasteiger partial charge in [0, 0.05) is 32.1 Å². The lowest BCUT2D eigenvalue weighted by molar-refractivity contribution is 0.559. The first-order valence-corrected chi connectivity index (χ1v) is 10.1. The highest BCUT2D eigenvalue weighted by molar-refractivity contribution is 6.70. The Labute approximate surface area is 121 Å². The van der Waals surface area contributed by atoms with E-state index in [9.17, 15) is 0 Å². The first kappa shape index (κ1) is 14.5. The molecule has 2 rings (SSSR count). The SMILES string of the molecule is Cn1ccnc1CC=Nc1ccccc1O[Si](C)(C)C. The van der Waals surface area contributed by atoms with E-state index in [1.165, 1.54) is 0 Å². The quantitative estimate of drug-likeness (QED) is 0.623. The third-order valence-electron chi connectivity index (χ3n) is 2.71. The summed E-state index contributed by atoms with van der Waals surface area (Å²) < 4.78 is 8.05. The fraction of sp³-hybridized carbons (Fsp3) is 0.333. The van der Waals surface area contributed by atoms with Crippen molar-refractivity contribution in [2.75, 3.05) is 0 Å². The molecule has 0 saturated heterocycles. The van der Waals surface area contributed by atoms with Crippen LogP contribution < -0.4 is 4.43 Å². The lowest BCUT2D eigenvalue weighted by atomic mass is 10.3. The lowest BCUT2D eigenvalue weighted by Crippen LogP contribution is -2.29. The maximum atomic E-state index is 6.05. The Morgan fingerprint density at radius 1 is 1.30 bits per heavy atom. The molecular formula is C15H21N3OSi. The summed E-state index contributed by atoms with van der Waals surface area (Å²) in [5.74, 6) is 1.86. The molecule has 0 atom stereocenters. The van der Waals surface area contributed by atoms with Gasteiger partial charge in [0.2, 0.25) is 8.32 Å². The Bertz CT molecular complexity index is 599. The average Bonchev–Trinajstić information content (AvgIpc) is 2.75. The second-order valence-electron chi connectivity index (χ2n) is 5.65. The van der Waals surface area contributed by atoms with Crippen molar-refractivity contribution < 1.29 is 4.43 Å². The number of aromatic nitrogens is 2. The van der Waals surface area contributed by atoms with Gasteiger partial charge in [0.15, 0.2) is 0 Å². The van der Waals surface area contributed by atoms with Crippen molar-refractivity contribution in [2.24, 2.45) is 12.0 Å². The van der Waals surface area contributed by atoms with Crippen LogP contribution in [0.4, 0.5) is 5.69 Å². The zero-order chi connectivity index (χ0) is 14.6. The molecule has 4 nitrogen and oxygen atoms in total. The van der Waals surface area contributed by atoms with Crippen LogP contribution in [-0.4, -0.2) is 24.1 Å². The standard InChI is InChI=1S/C15H21N3OSi/c1-18-12-11-17-15(18)9-10-16-13-7-5-6-8-14(13)19-20(2,3)4/h5-8,10-12H,9H2,1-4H3. The molecular weight excluding hydrogens is 266 g/mol. The van der Waals surface area contributed by atoms with Crippen LogP contribution in [-0.2, 0) is 13.5 Å². The van der Waals surface area contributed by atoms with E-state index in [2.05, 4.69) is 29.6 Å². The summed E-state index contributed by atoms with van der Waals surface area (Å²) in [7, 11) is 0.363. The molecule has 1 heterocycles. The minimum atomic E-state index is -1.62. The van der Waals surface area contributed by atoms with Crippen LogP contribution in [0.2, 0.25) is 19.6 Å². The fourth-order valence-corrected chi connectivity index (χ4v) is 2.63. The van der Waals surface area contributed by atoms with Gasteiger partial charge in [-0.3, -0.25) is 4.99 Å². The molecule has 5 heteroatoms. The molecule has 0 saturated carbocycles. The number of hydrogen-bond acceptors (Lipinski definition) is 3. The number of para-hydroxylation sites is 2. The molecule has 1 aromatic heterocycles. The summed E-state index contributed by atoms with van der Waals surface area (Å²) in [4.78, 5) is 8.80. The highest BCUT2D eigenvalue weighted by Crippen LogP contribution is 2.28. The van der Waals surface area contributed by atoms with Gasteiger partial charge >= 0.3 is 0 Å². The number of aliphatic imine (C=N–C) groups is 1. The van der Waals surface area contributed by atoms with E-state index in [1.54, 1.807) is 6.20 Å². The first-order valence-electron chi connectivity index (χ1n) is 6.72. The average molecular weight is 287 g/mol. The minimum absolute atomic E-state index is 0.713. The number of rotatable bonds is 5. The number of nitrogens with zero attached hydrogens (tertiary/aromatic N) is 3. The Hall–Kier alpha value is -1.88. The van der Waals surface area contributed by atoms with E-state index in [0.29, 0.717) is 6.42 Å². The predicted octanol–water partition coefficient (Wildman–Crippen LogP) is 3.58. The number of aryl methyl sites for hydroxylation is 1. The molecule has 106 valence electrons. The smallest absolute Gasteiger partial charge is 0.242 e. The topological polar surface area (TPSA) is 39.4 Å². The molecule has 0 N–H and O–H groups in total. The van der Waals surface area contributed by atoms with Crippen molar-refractivity contribution >= 4 is 20.2 Å². The molecule has 20 heavy (non-hydrogen) atoms. The maximum Gasteiger partial charge on any atom is 0.242 e. The van der Waals surface area contributed by atoms with E-state index in [0.717, 1.165) is 17.3 Å². The lowest BCUT2D eigenvalue weighted by Gasteiger charge is -2.20. The highest BCUT2D eigenvalue weighted by Gasteiger charge is 2.17. The molecule has 0 bridgehead atoms. The van der Waals surface area contributed by atoms with Gasteiger partial charge in [-0.2, -0.15) is 0 Å². The van der Waals surface area contributed by atoms with E-state index in [-0.39, 0.29) is 0 Å². The predicted molar refractivity (Wildman–Crippen MR) is 85.5 cm³/mol. The van der Waals surface area contributed by atoms with Gasteiger partial charge in [0.05, 0.1) is 0 Å². The van der Waals surface area contributed by atoms with Crippen LogP contribution >= 0.6 is 0 Å². The van der Waals surface area contributed by atoms with E-state index in [1.807, 2.05) is 48.3 Å². The summed E-state index contributed by atoms with van der Waals surface area (Å²) >= 11 is 0. The van der Waals surface area contributed by atoms with Crippen LogP contribution in [0.25, 0.3) is 0 Å². The Kier molecular flexibility index (Phi) is 4.39. The van der Waals surface area contributed by atoms with Crippen LogP contribution in [0.15, 0.2) is 41.7 Å². The summed E-state index contributed by atoms with van der Waals surface area (Å²) in [6.45, 7) is 6.50. The molecule has 0 radical (unpaired) electrons. The largest absolute Gasteiger partial charge is 0.543 e. The molecule has 0 unspecified atom stereocenters. The molecule has 0 spiro atoms. The molecule has 1 aromatic carbocycles. The van der Waals surface area contributed by atoms with Crippen molar-refractivity contribution in [2.45, 2.75) is 26.1 Å². The van der Waals surface area contributed by atoms with Crippen molar-refractivity contribution in [3.8, 4) is 5.75 Å². The fourth-order valence-electron chi connectivity index (χ4n) is 1.80. The zero-order valence-corrected chi connectivity index (χ0v) is 13.5. The van der Waals surface area contributed by atoms with Crippen molar-refractivity contribution in [3.05, 3.63) is 42.5 Å². The third-order valence-corrected chi connectivity index (χ3v) is 3.54. The van der Waals surface area contributed by atoms with Gasteiger partial charge in [0.1, 0.15) is 17.3 Å². The Morgan fingerprint density at radius 3 is 2.70 bits per heavy atom. The van der Waals surface area contributed by atoms with Gasteiger partial charge in [-0.15, -0.1) is 0 Å². The monoisotopic (exact) mass is 287 g/mol. The Morgan fingerprint density at radius 2 is 2.05 bits per heavy atom. The van der Waals surface area contributed by atoms with Gasteiger partial charge in [-0.05, 0) is 31.8 Å². The molecule has 0 fully saturated rings. The Balaban J connectivity index is 2.11. The van der Waals surface area contributed by atoms with Crippen LogP contribution in [0, 0.1) is 0 Å². The molecule has 0 aliphatic heterocycles. The normalized spacial score (nSPS) is 12.0. The van der Waals surface area contributed by atoms with Crippen LogP contribution in [0.5, 0.6) is 5.75 Å². The molecule has 0 amide bonds.